The van der Waals surface area contributed by atoms with E-state index in [2.05, 4.69) is 34.8 Å². The third-order valence-corrected chi connectivity index (χ3v) is 5.82. The molecule has 2 nitrogen and oxygen atoms in total. The second-order valence-electron chi connectivity index (χ2n) is 7.68. The third kappa shape index (κ3) is 4.82. The molecule has 0 aromatic heterocycles. The summed E-state index contributed by atoms with van der Waals surface area (Å²) in [5, 5.41) is 0.690. The fraction of sp³-hybridized carbons (Fsp3) is 0.280. The highest BCUT2D eigenvalue weighted by atomic mass is 35.5. The highest BCUT2D eigenvalue weighted by Gasteiger charge is 2.32. The minimum atomic E-state index is -4.70. The van der Waals surface area contributed by atoms with Crippen LogP contribution in [0.2, 0.25) is 5.02 Å². The van der Waals surface area contributed by atoms with Crippen LogP contribution in [0, 0.1) is 0 Å². The molecule has 4 rings (SSSR count). The minimum absolute atomic E-state index is 0.0150. The van der Waals surface area contributed by atoms with Gasteiger partial charge in [-0.15, -0.1) is 13.2 Å². The van der Waals surface area contributed by atoms with Crippen LogP contribution < -0.4 is 9.64 Å². The normalized spacial score (nSPS) is 16.2. The zero-order valence-electron chi connectivity index (χ0n) is 17.1. The Morgan fingerprint density at radius 3 is 2.55 bits per heavy atom. The minimum Gasteiger partial charge on any atom is -0.406 e. The van der Waals surface area contributed by atoms with E-state index >= 15 is 0 Å². The van der Waals surface area contributed by atoms with Crippen molar-refractivity contribution in [2.24, 2.45) is 0 Å². The summed E-state index contributed by atoms with van der Waals surface area (Å²) in [6.45, 7) is 2.91. The van der Waals surface area contributed by atoms with Crippen LogP contribution in [-0.2, 0) is 6.42 Å². The molecule has 1 heterocycles. The summed E-state index contributed by atoms with van der Waals surface area (Å²) in [5.74, 6) is -0.181. The van der Waals surface area contributed by atoms with Gasteiger partial charge in [0.05, 0.1) is 6.04 Å². The monoisotopic (exact) mass is 445 g/mol. The zero-order chi connectivity index (χ0) is 22.0. The lowest BCUT2D eigenvalue weighted by Gasteiger charge is -2.40. The van der Waals surface area contributed by atoms with Gasteiger partial charge in [-0.1, -0.05) is 54.9 Å². The van der Waals surface area contributed by atoms with Gasteiger partial charge in [-0.2, -0.15) is 0 Å². The van der Waals surface area contributed by atoms with Gasteiger partial charge in [0.1, 0.15) is 5.75 Å². The SMILES string of the molecule is CCCN1c2cccc(-c3cccc(Cl)c3)c2CC[C@H]1c1cccc(OC(F)(F)F)c1. The molecule has 0 unspecified atom stereocenters. The van der Waals surface area contributed by atoms with Crippen molar-refractivity contribution in [1.82, 2.24) is 0 Å². The molecule has 0 spiro atoms. The molecule has 0 N–H and O–H groups in total. The van der Waals surface area contributed by atoms with Crippen LogP contribution >= 0.6 is 11.6 Å². The predicted octanol–water partition coefficient (Wildman–Crippen LogP) is 7.81. The van der Waals surface area contributed by atoms with Crippen molar-refractivity contribution in [3.05, 3.63) is 82.9 Å². The molecule has 3 aromatic carbocycles. The Bertz CT molecular complexity index is 1070. The molecule has 3 aromatic rings. The number of nitrogens with zero attached hydrogens (tertiary/aromatic N) is 1. The first-order valence-corrected chi connectivity index (χ1v) is 10.7. The Labute approximate surface area is 185 Å². The van der Waals surface area contributed by atoms with E-state index in [1.165, 1.54) is 17.7 Å². The molecule has 6 heteroatoms. The number of ether oxygens (including phenoxy) is 1. The van der Waals surface area contributed by atoms with E-state index < -0.39 is 6.36 Å². The maximum absolute atomic E-state index is 12.7. The Morgan fingerprint density at radius 1 is 1.03 bits per heavy atom. The van der Waals surface area contributed by atoms with Gasteiger partial charge in [0.2, 0.25) is 0 Å². The van der Waals surface area contributed by atoms with Crippen molar-refractivity contribution < 1.29 is 17.9 Å². The quantitative estimate of drug-likeness (QED) is 0.397. The molecule has 1 aliphatic rings. The van der Waals surface area contributed by atoms with Gasteiger partial charge < -0.3 is 9.64 Å². The summed E-state index contributed by atoms with van der Waals surface area (Å²) in [6, 6.07) is 20.4. The summed E-state index contributed by atoms with van der Waals surface area (Å²) in [4.78, 5) is 2.31. The maximum Gasteiger partial charge on any atom is 0.573 e. The molecular formula is C25H23ClF3NO. The summed E-state index contributed by atoms with van der Waals surface area (Å²) in [7, 11) is 0. The molecule has 0 amide bonds. The number of anilines is 1. The molecule has 0 saturated carbocycles. The Balaban J connectivity index is 1.73. The van der Waals surface area contributed by atoms with Crippen LogP contribution in [0.25, 0.3) is 11.1 Å². The van der Waals surface area contributed by atoms with Crippen molar-refractivity contribution >= 4 is 17.3 Å². The van der Waals surface area contributed by atoms with E-state index in [9.17, 15) is 13.2 Å². The van der Waals surface area contributed by atoms with Crippen LogP contribution in [-0.4, -0.2) is 12.9 Å². The van der Waals surface area contributed by atoms with Crippen molar-refractivity contribution in [1.29, 1.82) is 0 Å². The lowest BCUT2D eigenvalue weighted by atomic mass is 9.86. The van der Waals surface area contributed by atoms with Gasteiger partial charge in [0, 0.05) is 17.3 Å². The number of benzene rings is 3. The van der Waals surface area contributed by atoms with E-state index in [4.69, 9.17) is 11.6 Å². The maximum atomic E-state index is 12.7. The summed E-state index contributed by atoms with van der Waals surface area (Å²) < 4.78 is 42.3. The second kappa shape index (κ2) is 8.83. The first-order chi connectivity index (χ1) is 14.9. The lowest BCUT2D eigenvalue weighted by Crippen LogP contribution is -2.34. The van der Waals surface area contributed by atoms with Crippen molar-refractivity contribution in [3.8, 4) is 16.9 Å². The standard InChI is InChI=1S/C25H23ClF3NO/c1-2-14-30-23(18-7-4-9-20(16-18)31-25(27,28)29)13-12-22-21(10-5-11-24(22)30)17-6-3-8-19(26)15-17/h3-11,15-16,23H,2,12-14H2,1H3/t23-/m0/s1. The van der Waals surface area contributed by atoms with Crippen LogP contribution in [0.4, 0.5) is 18.9 Å². The third-order valence-electron chi connectivity index (χ3n) is 5.58. The molecule has 0 saturated heterocycles. The molecule has 1 aliphatic heterocycles. The van der Waals surface area contributed by atoms with Crippen LogP contribution in [0.1, 0.15) is 36.9 Å². The number of hydrogen-bond donors (Lipinski definition) is 0. The lowest BCUT2D eigenvalue weighted by molar-refractivity contribution is -0.274. The first kappa shape index (κ1) is 21.6. The van der Waals surface area contributed by atoms with Gasteiger partial charge >= 0.3 is 6.36 Å². The van der Waals surface area contributed by atoms with E-state index in [1.54, 1.807) is 6.07 Å². The van der Waals surface area contributed by atoms with Gasteiger partial charge in [-0.05, 0) is 71.8 Å². The average Bonchev–Trinajstić information content (AvgIpc) is 2.73. The molecular weight excluding hydrogens is 423 g/mol. The fourth-order valence-corrected chi connectivity index (χ4v) is 4.61. The summed E-state index contributed by atoms with van der Waals surface area (Å²) in [6.07, 6.45) is -2.14. The van der Waals surface area contributed by atoms with Gasteiger partial charge in [-0.3, -0.25) is 0 Å². The highest BCUT2D eigenvalue weighted by molar-refractivity contribution is 6.30. The number of rotatable bonds is 5. The first-order valence-electron chi connectivity index (χ1n) is 10.4. The van der Waals surface area contributed by atoms with E-state index in [-0.39, 0.29) is 11.8 Å². The van der Waals surface area contributed by atoms with E-state index in [1.807, 2.05) is 30.3 Å². The average molecular weight is 446 g/mol. The van der Waals surface area contributed by atoms with Crippen LogP contribution in [0.15, 0.2) is 66.7 Å². The Morgan fingerprint density at radius 2 is 1.81 bits per heavy atom. The van der Waals surface area contributed by atoms with Crippen molar-refractivity contribution in [3.63, 3.8) is 0 Å². The molecule has 1 atom stereocenters. The Kier molecular flexibility index (Phi) is 6.15. The van der Waals surface area contributed by atoms with Gasteiger partial charge in [0.25, 0.3) is 0 Å². The molecule has 0 bridgehead atoms. The number of fused-ring (bicyclic) bond motifs is 1. The smallest absolute Gasteiger partial charge is 0.406 e. The largest absolute Gasteiger partial charge is 0.573 e. The Hall–Kier alpha value is -2.66. The molecule has 0 aliphatic carbocycles. The second-order valence-corrected chi connectivity index (χ2v) is 8.12. The number of halogens is 4. The van der Waals surface area contributed by atoms with E-state index in [0.717, 1.165) is 48.2 Å². The number of hydrogen-bond acceptors (Lipinski definition) is 2. The van der Waals surface area contributed by atoms with E-state index in [0.29, 0.717) is 5.02 Å². The topological polar surface area (TPSA) is 12.5 Å². The van der Waals surface area contributed by atoms with Crippen molar-refractivity contribution in [2.75, 3.05) is 11.4 Å². The molecule has 31 heavy (non-hydrogen) atoms. The number of alkyl halides is 3. The predicted molar refractivity (Wildman–Crippen MR) is 119 cm³/mol. The fourth-order valence-electron chi connectivity index (χ4n) is 4.42. The van der Waals surface area contributed by atoms with Crippen LogP contribution in [0.5, 0.6) is 5.75 Å². The highest BCUT2D eigenvalue weighted by Crippen LogP contribution is 2.43. The van der Waals surface area contributed by atoms with Crippen LogP contribution in [0.3, 0.4) is 0 Å². The summed E-state index contributed by atoms with van der Waals surface area (Å²) in [5.41, 5.74) is 5.41. The molecule has 0 fully saturated rings. The van der Waals surface area contributed by atoms with Gasteiger partial charge in [-0.25, -0.2) is 0 Å². The molecule has 162 valence electrons. The van der Waals surface area contributed by atoms with Gasteiger partial charge in [0.15, 0.2) is 0 Å². The zero-order valence-corrected chi connectivity index (χ0v) is 17.9. The molecule has 0 radical (unpaired) electrons. The van der Waals surface area contributed by atoms with Crippen molar-refractivity contribution in [2.45, 2.75) is 38.6 Å². The summed E-state index contributed by atoms with van der Waals surface area (Å²) >= 11 is 6.22.